The van der Waals surface area contributed by atoms with Crippen LogP contribution in [0.5, 0.6) is 0 Å². The fraction of sp³-hybridized carbons (Fsp3) is 0.192. The molecule has 150 valence electrons. The average Bonchev–Trinajstić information content (AvgIpc) is 3.33. The van der Waals surface area contributed by atoms with Gasteiger partial charge in [0.2, 0.25) is 0 Å². The molecule has 2 heterocycles. The van der Waals surface area contributed by atoms with Crippen LogP contribution in [-0.2, 0) is 13.0 Å². The maximum atomic E-state index is 12.9. The fourth-order valence-corrected chi connectivity index (χ4v) is 5.04. The number of nitrogens with zero attached hydrogens (tertiary/aromatic N) is 1. The van der Waals surface area contributed by atoms with Gasteiger partial charge in [-0.2, -0.15) is 11.3 Å². The lowest BCUT2D eigenvalue weighted by molar-refractivity contribution is 0.0928. The zero-order valence-corrected chi connectivity index (χ0v) is 17.6. The average molecular weight is 413 g/mol. The van der Waals surface area contributed by atoms with E-state index < -0.39 is 0 Å². The lowest BCUT2D eigenvalue weighted by atomic mass is 9.97. The van der Waals surface area contributed by atoms with Crippen molar-refractivity contribution in [2.24, 2.45) is 0 Å². The van der Waals surface area contributed by atoms with Gasteiger partial charge in [-0.3, -0.25) is 9.69 Å². The Bertz CT molecular complexity index is 1170. The number of carbonyl (C=O) groups is 1. The van der Waals surface area contributed by atoms with Crippen molar-refractivity contribution < 1.29 is 4.79 Å². The van der Waals surface area contributed by atoms with Crippen molar-refractivity contribution in [3.05, 3.63) is 106 Å². The van der Waals surface area contributed by atoms with E-state index in [2.05, 4.69) is 57.4 Å². The van der Waals surface area contributed by atoms with Gasteiger partial charge < -0.3 is 5.32 Å². The molecular formula is C26H24N2OS. The minimum atomic E-state index is -0.0154. The van der Waals surface area contributed by atoms with E-state index in [-0.39, 0.29) is 11.9 Å². The van der Waals surface area contributed by atoms with E-state index in [1.807, 2.05) is 36.4 Å². The monoisotopic (exact) mass is 412 g/mol. The van der Waals surface area contributed by atoms with Crippen LogP contribution >= 0.6 is 11.3 Å². The highest BCUT2D eigenvalue weighted by Gasteiger charge is 2.25. The van der Waals surface area contributed by atoms with Crippen LogP contribution in [0.3, 0.4) is 0 Å². The second-order valence-electron chi connectivity index (χ2n) is 7.83. The fourth-order valence-electron chi connectivity index (χ4n) is 4.33. The van der Waals surface area contributed by atoms with Crippen molar-refractivity contribution in [2.75, 3.05) is 13.1 Å². The number of amides is 1. The van der Waals surface area contributed by atoms with Crippen molar-refractivity contribution in [1.82, 2.24) is 10.2 Å². The van der Waals surface area contributed by atoms with Gasteiger partial charge in [-0.05, 0) is 62.8 Å². The molecule has 0 spiro atoms. The van der Waals surface area contributed by atoms with E-state index in [1.165, 1.54) is 16.7 Å². The third-order valence-electron chi connectivity index (χ3n) is 6.00. The Morgan fingerprint density at radius 2 is 1.77 bits per heavy atom. The van der Waals surface area contributed by atoms with Gasteiger partial charge in [0.25, 0.3) is 5.91 Å². The molecule has 3 aromatic carbocycles. The SMILES string of the molecule is O=C(NCC(c1ccsc1)N1CCc2ccccc2C1)c1ccc2ccccc2c1. The number of hydrogen-bond acceptors (Lipinski definition) is 3. The predicted molar refractivity (Wildman–Crippen MR) is 124 cm³/mol. The second-order valence-corrected chi connectivity index (χ2v) is 8.61. The molecule has 30 heavy (non-hydrogen) atoms. The van der Waals surface area contributed by atoms with Crippen molar-refractivity contribution in [1.29, 1.82) is 0 Å². The van der Waals surface area contributed by atoms with Gasteiger partial charge in [-0.25, -0.2) is 0 Å². The normalized spacial score (nSPS) is 14.9. The first kappa shape index (κ1) is 19.0. The molecule has 1 N–H and O–H groups in total. The molecule has 1 aliphatic rings. The number of carbonyl (C=O) groups excluding carboxylic acids is 1. The van der Waals surface area contributed by atoms with Gasteiger partial charge in [-0.15, -0.1) is 0 Å². The number of hydrogen-bond donors (Lipinski definition) is 1. The maximum Gasteiger partial charge on any atom is 0.251 e. The molecule has 0 fully saturated rings. The molecule has 4 aromatic rings. The molecule has 1 atom stereocenters. The Morgan fingerprint density at radius 1 is 0.967 bits per heavy atom. The first-order valence-corrected chi connectivity index (χ1v) is 11.3. The van der Waals surface area contributed by atoms with Crippen molar-refractivity contribution >= 4 is 28.0 Å². The molecule has 0 saturated heterocycles. The molecular weight excluding hydrogens is 388 g/mol. The molecule has 1 unspecified atom stereocenters. The smallest absolute Gasteiger partial charge is 0.251 e. The van der Waals surface area contributed by atoms with Crippen LogP contribution in [0, 0.1) is 0 Å². The van der Waals surface area contributed by atoms with E-state index in [4.69, 9.17) is 0 Å². The summed E-state index contributed by atoms with van der Waals surface area (Å²) in [6.45, 7) is 2.52. The van der Waals surface area contributed by atoms with Crippen LogP contribution in [0.1, 0.15) is 33.1 Å². The summed E-state index contributed by atoms with van der Waals surface area (Å²) in [4.78, 5) is 15.4. The summed E-state index contributed by atoms with van der Waals surface area (Å²) in [6, 6.07) is 25.1. The third-order valence-corrected chi connectivity index (χ3v) is 6.70. The van der Waals surface area contributed by atoms with Crippen LogP contribution < -0.4 is 5.32 Å². The highest BCUT2D eigenvalue weighted by Crippen LogP contribution is 2.29. The summed E-state index contributed by atoms with van der Waals surface area (Å²) >= 11 is 1.71. The van der Waals surface area contributed by atoms with Crippen LogP contribution in [0.4, 0.5) is 0 Å². The minimum absolute atomic E-state index is 0.0154. The molecule has 1 aromatic heterocycles. The highest BCUT2D eigenvalue weighted by atomic mass is 32.1. The molecule has 3 nitrogen and oxygen atoms in total. The summed E-state index contributed by atoms with van der Waals surface area (Å²) in [5.74, 6) is -0.0154. The standard InChI is InChI=1S/C26H24N2OS/c29-26(22-10-9-19-5-1-3-7-21(19)15-22)27-16-25(24-12-14-30-18-24)28-13-11-20-6-2-4-8-23(20)17-28/h1-10,12,14-15,18,25H,11,13,16-17H2,(H,27,29). The summed E-state index contributed by atoms with van der Waals surface area (Å²) < 4.78 is 0. The molecule has 0 saturated carbocycles. The van der Waals surface area contributed by atoms with E-state index in [9.17, 15) is 4.79 Å². The Labute approximate surface area is 181 Å². The quantitative estimate of drug-likeness (QED) is 0.474. The lowest BCUT2D eigenvalue weighted by Gasteiger charge is -2.35. The minimum Gasteiger partial charge on any atom is -0.350 e. The molecule has 0 radical (unpaired) electrons. The highest BCUT2D eigenvalue weighted by molar-refractivity contribution is 7.08. The Morgan fingerprint density at radius 3 is 2.60 bits per heavy atom. The molecule has 1 amide bonds. The molecule has 0 bridgehead atoms. The van der Waals surface area contributed by atoms with E-state index >= 15 is 0 Å². The number of thiophene rings is 1. The van der Waals surface area contributed by atoms with Gasteiger partial charge in [0.1, 0.15) is 0 Å². The van der Waals surface area contributed by atoms with E-state index in [0.29, 0.717) is 12.1 Å². The molecule has 5 rings (SSSR count). The van der Waals surface area contributed by atoms with Crippen LogP contribution in [0.15, 0.2) is 83.6 Å². The first-order valence-electron chi connectivity index (χ1n) is 10.4. The Hall–Kier alpha value is -2.95. The maximum absolute atomic E-state index is 12.9. The molecule has 0 aliphatic carbocycles. The third kappa shape index (κ3) is 3.89. The first-order chi connectivity index (χ1) is 14.8. The summed E-state index contributed by atoms with van der Waals surface area (Å²) in [5, 5.41) is 9.76. The van der Waals surface area contributed by atoms with Gasteiger partial charge in [0.15, 0.2) is 0 Å². The second kappa shape index (κ2) is 8.42. The van der Waals surface area contributed by atoms with Gasteiger partial charge in [0, 0.05) is 25.2 Å². The zero-order chi connectivity index (χ0) is 20.3. The van der Waals surface area contributed by atoms with Gasteiger partial charge in [0.05, 0.1) is 6.04 Å². The number of fused-ring (bicyclic) bond motifs is 2. The Kier molecular flexibility index (Phi) is 5.35. The van der Waals surface area contributed by atoms with Gasteiger partial charge >= 0.3 is 0 Å². The van der Waals surface area contributed by atoms with E-state index in [0.717, 1.165) is 30.3 Å². The van der Waals surface area contributed by atoms with Crippen molar-refractivity contribution in [2.45, 2.75) is 19.0 Å². The van der Waals surface area contributed by atoms with E-state index in [1.54, 1.807) is 11.3 Å². The molecule has 4 heteroatoms. The van der Waals surface area contributed by atoms with Crippen LogP contribution in [-0.4, -0.2) is 23.9 Å². The Balaban J connectivity index is 1.34. The topological polar surface area (TPSA) is 32.3 Å². The summed E-state index contributed by atoms with van der Waals surface area (Å²) in [6.07, 6.45) is 1.05. The largest absolute Gasteiger partial charge is 0.350 e. The predicted octanol–water partition coefficient (Wildman–Crippen LogP) is 5.43. The van der Waals surface area contributed by atoms with Gasteiger partial charge in [-0.1, -0.05) is 54.6 Å². The van der Waals surface area contributed by atoms with Crippen LogP contribution in [0.2, 0.25) is 0 Å². The number of benzene rings is 3. The molecule has 1 aliphatic heterocycles. The summed E-state index contributed by atoms with van der Waals surface area (Å²) in [7, 11) is 0. The number of nitrogens with one attached hydrogen (secondary N) is 1. The van der Waals surface area contributed by atoms with Crippen molar-refractivity contribution in [3.8, 4) is 0 Å². The zero-order valence-electron chi connectivity index (χ0n) is 16.8. The lowest BCUT2D eigenvalue weighted by Crippen LogP contribution is -2.40. The van der Waals surface area contributed by atoms with Crippen LogP contribution in [0.25, 0.3) is 10.8 Å². The van der Waals surface area contributed by atoms with Crippen molar-refractivity contribution in [3.63, 3.8) is 0 Å². The number of rotatable bonds is 5. The summed E-state index contributed by atoms with van der Waals surface area (Å²) in [5.41, 5.74) is 4.82.